The first kappa shape index (κ1) is 14.0. The molecule has 1 aromatic carbocycles. The van der Waals surface area contributed by atoms with Gasteiger partial charge in [-0.3, -0.25) is 0 Å². The van der Waals surface area contributed by atoms with Gasteiger partial charge in [0.05, 0.1) is 26.2 Å². The summed E-state index contributed by atoms with van der Waals surface area (Å²) in [6.07, 6.45) is 0. The zero-order chi connectivity index (χ0) is 14.8. The van der Waals surface area contributed by atoms with Crippen LogP contribution in [0.4, 0.5) is 0 Å². The lowest BCUT2D eigenvalue weighted by Crippen LogP contribution is -2.31. The highest BCUT2D eigenvalue weighted by atomic mass is 16.5. The summed E-state index contributed by atoms with van der Waals surface area (Å²) < 4.78 is 16.2. The lowest BCUT2D eigenvalue weighted by molar-refractivity contribution is 0.185. The maximum Gasteiger partial charge on any atom is 0.234 e. The Hall–Kier alpha value is -1.92. The zero-order valence-electron chi connectivity index (χ0n) is 12.4. The smallest absolute Gasteiger partial charge is 0.234 e. The van der Waals surface area contributed by atoms with Crippen LogP contribution in [0.3, 0.4) is 0 Å². The Morgan fingerprint density at radius 3 is 2.90 bits per heavy atom. The van der Waals surface area contributed by atoms with E-state index in [0.29, 0.717) is 24.9 Å². The summed E-state index contributed by atoms with van der Waals surface area (Å²) in [5.74, 6) is 2.17. The first-order valence-electron chi connectivity index (χ1n) is 6.96. The molecule has 2 atom stereocenters. The van der Waals surface area contributed by atoms with Crippen molar-refractivity contribution >= 4 is 0 Å². The monoisotopic (exact) mass is 289 g/mol. The molecule has 0 spiro atoms. The molecule has 6 heteroatoms. The molecule has 0 aliphatic carbocycles. The van der Waals surface area contributed by atoms with Gasteiger partial charge in [-0.05, 0) is 37.7 Å². The third-order valence-electron chi connectivity index (χ3n) is 3.86. The van der Waals surface area contributed by atoms with Crippen LogP contribution in [0.2, 0.25) is 0 Å². The molecule has 1 aliphatic rings. The number of aromatic nitrogens is 2. The SMILES string of the molecule is CNC1COCC1c1nc(-c2ccc(OC)c(C)c2)no1. The van der Waals surface area contributed by atoms with Gasteiger partial charge in [0.1, 0.15) is 5.75 Å². The van der Waals surface area contributed by atoms with Gasteiger partial charge in [-0.25, -0.2) is 0 Å². The lowest BCUT2D eigenvalue weighted by atomic mass is 10.0. The normalized spacial score (nSPS) is 21.7. The maximum absolute atomic E-state index is 5.47. The Morgan fingerprint density at radius 2 is 2.19 bits per heavy atom. The second-order valence-corrected chi connectivity index (χ2v) is 5.18. The molecule has 1 N–H and O–H groups in total. The minimum atomic E-state index is 0.107. The van der Waals surface area contributed by atoms with E-state index in [9.17, 15) is 0 Å². The highest BCUT2D eigenvalue weighted by Gasteiger charge is 2.33. The Kier molecular flexibility index (Phi) is 3.90. The minimum absolute atomic E-state index is 0.107. The van der Waals surface area contributed by atoms with Crippen LogP contribution in [-0.2, 0) is 4.74 Å². The third-order valence-corrected chi connectivity index (χ3v) is 3.86. The average molecular weight is 289 g/mol. The van der Waals surface area contributed by atoms with Gasteiger partial charge < -0.3 is 19.3 Å². The summed E-state index contributed by atoms with van der Waals surface area (Å²) in [6, 6.07) is 6.06. The van der Waals surface area contributed by atoms with Crippen molar-refractivity contribution in [1.29, 1.82) is 0 Å². The van der Waals surface area contributed by atoms with Gasteiger partial charge in [0, 0.05) is 11.6 Å². The number of hydrogen-bond acceptors (Lipinski definition) is 6. The van der Waals surface area contributed by atoms with Crippen molar-refractivity contribution in [3.8, 4) is 17.1 Å². The molecular formula is C15H19N3O3. The van der Waals surface area contributed by atoms with Gasteiger partial charge >= 0.3 is 0 Å². The molecule has 0 bridgehead atoms. The molecule has 0 amide bonds. The van der Waals surface area contributed by atoms with Crippen molar-refractivity contribution in [3.05, 3.63) is 29.7 Å². The number of nitrogens with zero attached hydrogens (tertiary/aromatic N) is 2. The second kappa shape index (κ2) is 5.83. The number of hydrogen-bond donors (Lipinski definition) is 1. The summed E-state index contributed by atoms with van der Waals surface area (Å²) in [4.78, 5) is 4.52. The summed E-state index contributed by atoms with van der Waals surface area (Å²) in [6.45, 7) is 3.26. The van der Waals surface area contributed by atoms with E-state index in [1.54, 1.807) is 7.11 Å². The molecule has 112 valence electrons. The van der Waals surface area contributed by atoms with E-state index < -0.39 is 0 Å². The molecule has 2 unspecified atom stereocenters. The van der Waals surface area contributed by atoms with E-state index in [4.69, 9.17) is 14.0 Å². The predicted octanol–water partition coefficient (Wildman–Crippen LogP) is 1.76. The largest absolute Gasteiger partial charge is 0.496 e. The van der Waals surface area contributed by atoms with Crippen molar-refractivity contribution < 1.29 is 14.0 Å². The second-order valence-electron chi connectivity index (χ2n) is 5.18. The van der Waals surface area contributed by atoms with Crippen LogP contribution in [0, 0.1) is 6.92 Å². The highest BCUT2D eigenvalue weighted by molar-refractivity contribution is 5.58. The van der Waals surface area contributed by atoms with E-state index in [1.165, 1.54) is 0 Å². The molecule has 2 heterocycles. The Morgan fingerprint density at radius 1 is 1.33 bits per heavy atom. The van der Waals surface area contributed by atoms with Crippen LogP contribution in [0.15, 0.2) is 22.7 Å². The van der Waals surface area contributed by atoms with E-state index >= 15 is 0 Å². The fourth-order valence-electron chi connectivity index (χ4n) is 2.60. The Balaban J connectivity index is 1.86. The van der Waals surface area contributed by atoms with Gasteiger partial charge in [-0.15, -0.1) is 0 Å². The number of aryl methyl sites for hydroxylation is 1. The van der Waals surface area contributed by atoms with Crippen molar-refractivity contribution in [2.24, 2.45) is 0 Å². The van der Waals surface area contributed by atoms with Crippen molar-refractivity contribution in [3.63, 3.8) is 0 Å². The summed E-state index contributed by atoms with van der Waals surface area (Å²) >= 11 is 0. The molecule has 21 heavy (non-hydrogen) atoms. The van der Waals surface area contributed by atoms with E-state index in [2.05, 4.69) is 15.5 Å². The minimum Gasteiger partial charge on any atom is -0.496 e. The van der Waals surface area contributed by atoms with Gasteiger partial charge in [-0.2, -0.15) is 4.98 Å². The number of likely N-dealkylation sites (N-methyl/N-ethyl adjacent to an activating group) is 1. The van der Waals surface area contributed by atoms with Crippen molar-refractivity contribution in [2.75, 3.05) is 27.4 Å². The van der Waals surface area contributed by atoms with Crippen LogP contribution in [0.5, 0.6) is 5.75 Å². The first-order valence-corrected chi connectivity index (χ1v) is 6.96. The zero-order valence-corrected chi connectivity index (χ0v) is 12.4. The number of benzene rings is 1. The molecule has 1 aromatic heterocycles. The number of rotatable bonds is 4. The average Bonchev–Trinajstić information content (AvgIpc) is 3.15. The van der Waals surface area contributed by atoms with Gasteiger partial charge in [0.2, 0.25) is 11.7 Å². The fraction of sp³-hybridized carbons (Fsp3) is 0.467. The van der Waals surface area contributed by atoms with Gasteiger partial charge in [0.25, 0.3) is 0 Å². The van der Waals surface area contributed by atoms with Crippen LogP contribution in [0.1, 0.15) is 17.4 Å². The van der Waals surface area contributed by atoms with E-state index in [-0.39, 0.29) is 12.0 Å². The van der Waals surface area contributed by atoms with Crippen molar-refractivity contribution in [2.45, 2.75) is 18.9 Å². The third kappa shape index (κ3) is 2.64. The predicted molar refractivity (Wildman–Crippen MR) is 77.4 cm³/mol. The molecule has 1 saturated heterocycles. The van der Waals surface area contributed by atoms with Gasteiger partial charge in [0.15, 0.2) is 0 Å². The molecule has 6 nitrogen and oxygen atoms in total. The molecule has 3 rings (SSSR count). The number of methoxy groups -OCH3 is 1. The molecule has 1 fully saturated rings. The lowest BCUT2D eigenvalue weighted by Gasteiger charge is -2.11. The molecule has 0 saturated carbocycles. The Labute approximate surface area is 123 Å². The van der Waals surface area contributed by atoms with Crippen molar-refractivity contribution in [1.82, 2.24) is 15.5 Å². The van der Waals surface area contributed by atoms with Crippen LogP contribution < -0.4 is 10.1 Å². The number of ether oxygens (including phenoxy) is 2. The summed E-state index contributed by atoms with van der Waals surface area (Å²) in [7, 11) is 3.57. The summed E-state index contributed by atoms with van der Waals surface area (Å²) in [5.41, 5.74) is 1.96. The van der Waals surface area contributed by atoms with Crippen LogP contribution in [-0.4, -0.2) is 43.6 Å². The molecule has 1 aliphatic heterocycles. The fourth-order valence-corrected chi connectivity index (χ4v) is 2.60. The quantitative estimate of drug-likeness (QED) is 0.925. The highest BCUT2D eigenvalue weighted by Crippen LogP contribution is 2.28. The number of nitrogens with one attached hydrogen (secondary N) is 1. The Bertz CT molecular complexity index is 626. The molecular weight excluding hydrogens is 270 g/mol. The first-order chi connectivity index (χ1) is 10.2. The molecule has 2 aromatic rings. The topological polar surface area (TPSA) is 69.4 Å². The van der Waals surface area contributed by atoms with E-state index in [1.807, 2.05) is 32.2 Å². The van der Waals surface area contributed by atoms with Crippen LogP contribution in [0.25, 0.3) is 11.4 Å². The van der Waals surface area contributed by atoms with Gasteiger partial charge in [-0.1, -0.05) is 5.16 Å². The summed E-state index contributed by atoms with van der Waals surface area (Å²) in [5, 5.41) is 7.30. The van der Waals surface area contributed by atoms with Crippen LogP contribution >= 0.6 is 0 Å². The standard InChI is InChI=1S/C15H19N3O3/c1-9-6-10(4-5-13(9)19-3)14-17-15(21-18-14)11-7-20-8-12(11)16-2/h4-6,11-12,16H,7-8H2,1-3H3. The molecule has 0 radical (unpaired) electrons. The maximum atomic E-state index is 5.47. The van der Waals surface area contributed by atoms with E-state index in [0.717, 1.165) is 16.9 Å².